The number of ether oxygens (including phenoxy) is 2. The molecule has 176 valence electrons. The van der Waals surface area contributed by atoms with Crippen LogP contribution in [0, 0.1) is 5.92 Å². The molecule has 1 aliphatic carbocycles. The van der Waals surface area contributed by atoms with E-state index in [-0.39, 0.29) is 48.8 Å². The molecule has 2 aliphatic rings. The molecule has 0 bridgehead atoms. The van der Waals surface area contributed by atoms with E-state index in [1.807, 2.05) is 13.8 Å². The number of halogens is 2. The van der Waals surface area contributed by atoms with E-state index in [0.29, 0.717) is 6.54 Å². The monoisotopic (exact) mass is 454 g/mol. The molecule has 3 amide bonds. The van der Waals surface area contributed by atoms with Gasteiger partial charge in [0.1, 0.15) is 6.61 Å². The highest BCUT2D eigenvalue weighted by Crippen LogP contribution is 2.34. The van der Waals surface area contributed by atoms with Crippen LogP contribution in [0.1, 0.15) is 26.7 Å². The Morgan fingerprint density at radius 2 is 2.06 bits per heavy atom. The van der Waals surface area contributed by atoms with E-state index >= 15 is 0 Å². The van der Waals surface area contributed by atoms with Crippen molar-refractivity contribution < 1.29 is 32.6 Å². The van der Waals surface area contributed by atoms with E-state index in [4.69, 9.17) is 10.5 Å². The van der Waals surface area contributed by atoms with Crippen molar-refractivity contribution in [2.24, 2.45) is 11.7 Å². The zero-order valence-corrected chi connectivity index (χ0v) is 18.1. The van der Waals surface area contributed by atoms with Gasteiger partial charge >= 0.3 is 6.61 Å². The van der Waals surface area contributed by atoms with Crippen molar-refractivity contribution in [3.8, 4) is 5.75 Å². The molecule has 32 heavy (non-hydrogen) atoms. The Hall–Kier alpha value is -2.79. The molecule has 1 atom stereocenters. The second kappa shape index (κ2) is 10.2. The summed E-state index contributed by atoms with van der Waals surface area (Å²) in [5.41, 5.74) is 5.83. The lowest BCUT2D eigenvalue weighted by atomic mass is 10.1. The number of hydrogen-bond acceptors (Lipinski definition) is 6. The quantitative estimate of drug-likeness (QED) is 0.519. The summed E-state index contributed by atoms with van der Waals surface area (Å²) in [6.07, 6.45) is 1.75. The zero-order valence-electron chi connectivity index (χ0n) is 18.1. The van der Waals surface area contributed by atoms with Gasteiger partial charge in [-0.2, -0.15) is 8.78 Å². The van der Waals surface area contributed by atoms with Gasteiger partial charge in [0.05, 0.1) is 12.3 Å². The largest absolute Gasteiger partial charge is 0.433 e. The summed E-state index contributed by atoms with van der Waals surface area (Å²) in [4.78, 5) is 40.3. The third-order valence-electron chi connectivity index (χ3n) is 5.16. The van der Waals surface area contributed by atoms with Gasteiger partial charge in [-0.1, -0.05) is 13.8 Å². The minimum atomic E-state index is -3.13. The smallest absolute Gasteiger partial charge is 0.387 e. The molecule has 9 nitrogen and oxygen atoms in total. The summed E-state index contributed by atoms with van der Waals surface area (Å²) >= 11 is 0. The first-order chi connectivity index (χ1) is 15.2. The van der Waals surface area contributed by atoms with Crippen molar-refractivity contribution in [2.75, 3.05) is 36.5 Å². The van der Waals surface area contributed by atoms with Crippen molar-refractivity contribution in [3.05, 3.63) is 18.2 Å². The molecular formula is C21H28F2N4O5. The third kappa shape index (κ3) is 5.92. The Bertz CT molecular complexity index is 863. The first-order valence-electron chi connectivity index (χ1n) is 10.5. The average molecular weight is 454 g/mol. The van der Waals surface area contributed by atoms with Crippen LogP contribution in [0.3, 0.4) is 0 Å². The van der Waals surface area contributed by atoms with Crippen LogP contribution in [-0.2, 0) is 19.1 Å². The number of primary amides is 1. The number of nitrogens with zero attached hydrogens (tertiary/aromatic N) is 2. The molecule has 1 saturated heterocycles. The van der Waals surface area contributed by atoms with Crippen LogP contribution in [0.2, 0.25) is 0 Å². The second-order valence-corrected chi connectivity index (χ2v) is 8.27. The van der Waals surface area contributed by atoms with Gasteiger partial charge < -0.3 is 25.4 Å². The highest BCUT2D eigenvalue weighted by atomic mass is 19.3. The number of alkyl halides is 2. The van der Waals surface area contributed by atoms with Crippen molar-refractivity contribution in [2.45, 2.75) is 45.4 Å². The number of amides is 3. The molecule has 1 aromatic rings. The Balaban J connectivity index is 1.84. The molecule has 11 heteroatoms. The van der Waals surface area contributed by atoms with Gasteiger partial charge in [0.15, 0.2) is 11.8 Å². The number of benzene rings is 1. The minimum Gasteiger partial charge on any atom is -0.433 e. The molecule has 1 aliphatic heterocycles. The summed E-state index contributed by atoms with van der Waals surface area (Å²) in [6.45, 7) is 1.61. The Labute approximate surface area is 184 Å². The van der Waals surface area contributed by atoms with Crippen LogP contribution in [-0.4, -0.2) is 67.6 Å². The first-order valence-corrected chi connectivity index (χ1v) is 10.5. The van der Waals surface area contributed by atoms with Gasteiger partial charge in [-0.15, -0.1) is 0 Å². The first kappa shape index (κ1) is 23.9. The Kier molecular flexibility index (Phi) is 7.62. The molecule has 3 rings (SSSR count). The molecular weight excluding hydrogens is 426 g/mol. The van der Waals surface area contributed by atoms with E-state index in [0.717, 1.165) is 12.8 Å². The van der Waals surface area contributed by atoms with Crippen LogP contribution in [0.4, 0.5) is 20.2 Å². The Morgan fingerprint density at radius 3 is 2.62 bits per heavy atom. The third-order valence-corrected chi connectivity index (χ3v) is 5.16. The maximum absolute atomic E-state index is 13.0. The SMILES string of the molecule is CC(C)CN(C1CC1)[C@@H](C(N)=O)C(=O)Nc1ccc(N2CCOCC2=O)c(OC(F)F)c1. The number of carbonyl (C=O) groups excluding carboxylic acids is 3. The lowest BCUT2D eigenvalue weighted by Crippen LogP contribution is -2.54. The van der Waals surface area contributed by atoms with Crippen molar-refractivity contribution >= 4 is 29.1 Å². The van der Waals surface area contributed by atoms with Gasteiger partial charge in [-0.3, -0.25) is 19.3 Å². The summed E-state index contributed by atoms with van der Waals surface area (Å²) in [7, 11) is 0. The van der Waals surface area contributed by atoms with Gasteiger partial charge in [0.2, 0.25) is 5.91 Å². The maximum Gasteiger partial charge on any atom is 0.387 e. The fourth-order valence-electron chi connectivity index (χ4n) is 3.72. The van der Waals surface area contributed by atoms with Gasteiger partial charge in [0.25, 0.3) is 11.8 Å². The lowest BCUT2D eigenvalue weighted by molar-refractivity contribution is -0.133. The van der Waals surface area contributed by atoms with Gasteiger partial charge in [-0.25, -0.2) is 0 Å². The number of carbonyl (C=O) groups is 3. The average Bonchev–Trinajstić information content (AvgIpc) is 3.52. The van der Waals surface area contributed by atoms with E-state index in [2.05, 4.69) is 10.1 Å². The van der Waals surface area contributed by atoms with Gasteiger partial charge in [-0.05, 0) is 30.9 Å². The van der Waals surface area contributed by atoms with E-state index in [1.54, 1.807) is 4.90 Å². The standard InChI is InChI=1S/C21H28F2N4O5/c1-12(2)10-27(14-4-5-14)18(19(24)29)20(30)25-13-3-6-15(16(9-13)32-21(22)23)26-7-8-31-11-17(26)28/h3,6,9,12,14,18,21H,4-5,7-8,10-11H2,1-2H3,(H2,24,29)(H,25,30)/t18-/m0/s1. The molecule has 1 saturated carbocycles. The predicted octanol–water partition coefficient (Wildman–Crippen LogP) is 1.56. The molecule has 1 aromatic carbocycles. The van der Waals surface area contributed by atoms with E-state index < -0.39 is 30.4 Å². The number of hydrogen-bond donors (Lipinski definition) is 2. The number of nitrogens with two attached hydrogens (primary N) is 1. The molecule has 0 spiro atoms. The number of anilines is 2. The highest BCUT2D eigenvalue weighted by Gasteiger charge is 2.40. The fourth-order valence-corrected chi connectivity index (χ4v) is 3.72. The summed E-state index contributed by atoms with van der Waals surface area (Å²) in [6, 6.07) is 2.97. The predicted molar refractivity (Wildman–Crippen MR) is 112 cm³/mol. The van der Waals surface area contributed by atoms with E-state index in [1.165, 1.54) is 23.1 Å². The number of nitrogens with one attached hydrogen (secondary N) is 1. The maximum atomic E-state index is 13.0. The van der Waals surface area contributed by atoms with Crippen molar-refractivity contribution in [3.63, 3.8) is 0 Å². The fraction of sp³-hybridized carbons (Fsp3) is 0.571. The molecule has 1 heterocycles. The molecule has 2 fully saturated rings. The second-order valence-electron chi connectivity index (χ2n) is 8.27. The van der Waals surface area contributed by atoms with Crippen LogP contribution < -0.4 is 20.7 Å². The lowest BCUT2D eigenvalue weighted by Gasteiger charge is -2.30. The minimum absolute atomic E-state index is 0.105. The van der Waals surface area contributed by atoms with Crippen molar-refractivity contribution in [1.29, 1.82) is 0 Å². The molecule has 0 unspecified atom stereocenters. The van der Waals surface area contributed by atoms with Crippen LogP contribution in [0.25, 0.3) is 0 Å². The topological polar surface area (TPSA) is 114 Å². The summed E-state index contributed by atoms with van der Waals surface area (Å²) in [5, 5.41) is 2.58. The molecule has 0 radical (unpaired) electrons. The van der Waals surface area contributed by atoms with Crippen LogP contribution in [0.15, 0.2) is 18.2 Å². The van der Waals surface area contributed by atoms with Crippen molar-refractivity contribution in [1.82, 2.24) is 4.90 Å². The molecule has 3 N–H and O–H groups in total. The number of rotatable bonds is 10. The normalized spacial score (nSPS) is 17.7. The Morgan fingerprint density at radius 1 is 1.34 bits per heavy atom. The van der Waals surface area contributed by atoms with E-state index in [9.17, 15) is 23.2 Å². The summed E-state index contributed by atoms with van der Waals surface area (Å²) < 4.78 is 35.7. The number of morpholine rings is 1. The molecule has 0 aromatic heterocycles. The van der Waals surface area contributed by atoms with Gasteiger partial charge in [0, 0.05) is 30.9 Å². The summed E-state index contributed by atoms with van der Waals surface area (Å²) in [5.74, 6) is -1.89. The van der Waals surface area contributed by atoms with Crippen LogP contribution >= 0.6 is 0 Å². The van der Waals surface area contributed by atoms with Crippen LogP contribution in [0.5, 0.6) is 5.75 Å². The zero-order chi connectivity index (χ0) is 23.4. The highest BCUT2D eigenvalue weighted by molar-refractivity contribution is 6.10.